The van der Waals surface area contributed by atoms with Gasteiger partial charge >= 0.3 is 0 Å². The van der Waals surface area contributed by atoms with Crippen molar-refractivity contribution in [1.82, 2.24) is 9.97 Å². The Morgan fingerprint density at radius 3 is 2.63 bits per heavy atom. The van der Waals surface area contributed by atoms with Crippen molar-refractivity contribution in [1.29, 1.82) is 0 Å². The van der Waals surface area contributed by atoms with Crippen LogP contribution in [0.2, 0.25) is 0 Å². The Hall–Kier alpha value is -3.68. The highest BCUT2D eigenvalue weighted by Crippen LogP contribution is 2.28. The number of fused-ring (bicyclic) bond motifs is 1. The van der Waals surface area contributed by atoms with E-state index in [0.29, 0.717) is 24.5 Å². The van der Waals surface area contributed by atoms with E-state index in [0.717, 1.165) is 28.5 Å². The van der Waals surface area contributed by atoms with E-state index in [1.807, 2.05) is 13.0 Å². The largest absolute Gasteiger partial charge is 0.364 e. The Bertz CT molecular complexity index is 1160. The predicted molar refractivity (Wildman–Crippen MR) is 106 cm³/mol. The monoisotopic (exact) mass is 408 g/mol. The van der Waals surface area contributed by atoms with Crippen LogP contribution in [0.25, 0.3) is 0 Å². The molecule has 0 unspecified atom stereocenters. The molecule has 152 valence electrons. The van der Waals surface area contributed by atoms with Gasteiger partial charge in [0.15, 0.2) is 11.6 Å². The topological polar surface area (TPSA) is 89.2 Å². The van der Waals surface area contributed by atoms with Gasteiger partial charge in [0.05, 0.1) is 6.20 Å². The second-order valence-electron chi connectivity index (χ2n) is 7.19. The molecule has 3 heterocycles. The number of pyridine rings is 2. The molecular weight excluding hydrogens is 390 g/mol. The number of anilines is 1. The van der Waals surface area contributed by atoms with Gasteiger partial charge in [0.2, 0.25) is 0 Å². The standard InChI is InChI=1S/C22H18F2N4O2/c1-12-6-14-4-5-28(21-18(24)9-16(23)11-27-21)22(30)17(14)8-15(12)7-13-2-3-19(20(25)29)26-10-13/h2-3,6,8-11H,4-5,7H2,1H3,(H2,25,29). The summed E-state index contributed by atoms with van der Waals surface area (Å²) in [5, 5.41) is 0. The average Bonchev–Trinajstić information content (AvgIpc) is 2.70. The molecule has 0 fully saturated rings. The summed E-state index contributed by atoms with van der Waals surface area (Å²) in [7, 11) is 0. The summed E-state index contributed by atoms with van der Waals surface area (Å²) in [4.78, 5) is 33.3. The summed E-state index contributed by atoms with van der Waals surface area (Å²) in [6.45, 7) is 2.22. The third-order valence-electron chi connectivity index (χ3n) is 5.16. The van der Waals surface area contributed by atoms with Gasteiger partial charge in [-0.2, -0.15) is 0 Å². The Balaban J connectivity index is 1.65. The molecule has 8 heteroatoms. The minimum Gasteiger partial charge on any atom is -0.364 e. The number of primary amides is 1. The molecule has 0 bridgehead atoms. The molecule has 0 saturated carbocycles. The molecule has 2 N–H and O–H groups in total. The highest BCUT2D eigenvalue weighted by molar-refractivity contribution is 6.08. The number of hydrogen-bond donors (Lipinski definition) is 1. The van der Waals surface area contributed by atoms with Crippen molar-refractivity contribution < 1.29 is 18.4 Å². The van der Waals surface area contributed by atoms with Crippen molar-refractivity contribution in [3.05, 3.63) is 87.9 Å². The van der Waals surface area contributed by atoms with Crippen LogP contribution in [0.15, 0.2) is 42.7 Å². The van der Waals surface area contributed by atoms with E-state index in [1.165, 1.54) is 4.90 Å². The number of carbonyl (C=O) groups excluding carboxylic acids is 2. The molecular formula is C22H18F2N4O2. The number of aromatic nitrogens is 2. The lowest BCUT2D eigenvalue weighted by Gasteiger charge is -2.29. The van der Waals surface area contributed by atoms with E-state index in [9.17, 15) is 18.4 Å². The summed E-state index contributed by atoms with van der Waals surface area (Å²) in [5.74, 6) is -2.83. The van der Waals surface area contributed by atoms with Crippen LogP contribution in [0.5, 0.6) is 0 Å². The lowest BCUT2D eigenvalue weighted by molar-refractivity contribution is 0.0975. The Labute approximate surface area is 171 Å². The normalized spacial score (nSPS) is 13.3. The second-order valence-corrected chi connectivity index (χ2v) is 7.19. The van der Waals surface area contributed by atoms with Crippen LogP contribution in [0.4, 0.5) is 14.6 Å². The smallest absolute Gasteiger partial charge is 0.267 e. The Kier molecular flexibility index (Phi) is 4.99. The van der Waals surface area contributed by atoms with Gasteiger partial charge in [0.1, 0.15) is 11.5 Å². The van der Waals surface area contributed by atoms with Crippen LogP contribution >= 0.6 is 0 Å². The van der Waals surface area contributed by atoms with Crippen LogP contribution in [0.3, 0.4) is 0 Å². The molecule has 0 aliphatic carbocycles. The van der Waals surface area contributed by atoms with E-state index >= 15 is 0 Å². The average molecular weight is 408 g/mol. The van der Waals surface area contributed by atoms with Crippen LogP contribution in [-0.2, 0) is 12.8 Å². The zero-order valence-corrected chi connectivity index (χ0v) is 16.2. The summed E-state index contributed by atoms with van der Waals surface area (Å²) in [6.07, 6.45) is 3.51. The van der Waals surface area contributed by atoms with Crippen LogP contribution in [0.1, 0.15) is 43.1 Å². The van der Waals surface area contributed by atoms with E-state index in [4.69, 9.17) is 5.73 Å². The van der Waals surface area contributed by atoms with Gasteiger partial charge in [0.25, 0.3) is 11.8 Å². The number of nitrogens with zero attached hydrogens (tertiary/aromatic N) is 3. The minimum atomic E-state index is -0.875. The molecule has 2 aromatic heterocycles. The second kappa shape index (κ2) is 7.62. The van der Waals surface area contributed by atoms with Crippen LogP contribution in [0, 0.1) is 18.6 Å². The predicted octanol–water partition coefficient (Wildman–Crippen LogP) is 2.96. The number of carbonyl (C=O) groups is 2. The third-order valence-corrected chi connectivity index (χ3v) is 5.16. The molecule has 1 aromatic carbocycles. The Morgan fingerprint density at radius 2 is 1.97 bits per heavy atom. The van der Waals surface area contributed by atoms with Crippen molar-refractivity contribution in [2.24, 2.45) is 5.73 Å². The molecule has 6 nitrogen and oxygen atoms in total. The molecule has 4 rings (SSSR count). The molecule has 0 saturated heterocycles. The lowest BCUT2D eigenvalue weighted by atomic mass is 9.91. The fourth-order valence-electron chi connectivity index (χ4n) is 3.59. The summed E-state index contributed by atoms with van der Waals surface area (Å²) in [6, 6.07) is 7.79. The van der Waals surface area contributed by atoms with Crippen molar-refractivity contribution >= 4 is 17.6 Å². The highest BCUT2D eigenvalue weighted by atomic mass is 19.1. The van der Waals surface area contributed by atoms with Gasteiger partial charge in [-0.05, 0) is 54.2 Å². The van der Waals surface area contributed by atoms with E-state index in [1.54, 1.807) is 24.4 Å². The molecule has 2 amide bonds. The number of aryl methyl sites for hydroxylation is 1. The van der Waals surface area contributed by atoms with Crippen molar-refractivity contribution in [3.8, 4) is 0 Å². The summed E-state index contributed by atoms with van der Waals surface area (Å²) < 4.78 is 27.4. The summed E-state index contributed by atoms with van der Waals surface area (Å²) >= 11 is 0. The maximum absolute atomic E-state index is 14.2. The first-order valence-electron chi connectivity index (χ1n) is 9.33. The number of rotatable bonds is 4. The Morgan fingerprint density at radius 1 is 1.17 bits per heavy atom. The zero-order valence-electron chi connectivity index (χ0n) is 16.2. The number of benzene rings is 1. The van der Waals surface area contributed by atoms with E-state index in [2.05, 4.69) is 9.97 Å². The fourth-order valence-corrected chi connectivity index (χ4v) is 3.59. The van der Waals surface area contributed by atoms with Gasteiger partial charge in [-0.15, -0.1) is 0 Å². The first-order chi connectivity index (χ1) is 14.3. The first-order valence-corrected chi connectivity index (χ1v) is 9.33. The quantitative estimate of drug-likeness (QED) is 0.719. The molecule has 0 radical (unpaired) electrons. The van der Waals surface area contributed by atoms with E-state index in [-0.39, 0.29) is 24.0 Å². The minimum absolute atomic E-state index is 0.180. The lowest BCUT2D eigenvalue weighted by Crippen LogP contribution is -2.39. The number of nitrogens with two attached hydrogens (primary N) is 1. The maximum atomic E-state index is 14.2. The van der Waals surface area contributed by atoms with Crippen molar-refractivity contribution in [2.75, 3.05) is 11.4 Å². The van der Waals surface area contributed by atoms with E-state index < -0.39 is 17.5 Å². The number of amides is 2. The molecule has 1 aliphatic rings. The number of halogens is 2. The first kappa shape index (κ1) is 19.6. The van der Waals surface area contributed by atoms with Gasteiger partial charge in [-0.25, -0.2) is 13.8 Å². The molecule has 0 spiro atoms. The molecule has 3 aromatic rings. The SMILES string of the molecule is Cc1cc2c(cc1Cc1ccc(C(N)=O)nc1)C(=O)N(c1ncc(F)cc1F)CC2. The van der Waals surface area contributed by atoms with Crippen molar-refractivity contribution in [2.45, 2.75) is 19.8 Å². The zero-order chi connectivity index (χ0) is 21.4. The highest BCUT2D eigenvalue weighted by Gasteiger charge is 2.29. The van der Waals surface area contributed by atoms with Gasteiger partial charge in [-0.1, -0.05) is 12.1 Å². The maximum Gasteiger partial charge on any atom is 0.267 e. The molecule has 0 atom stereocenters. The third kappa shape index (κ3) is 3.63. The fraction of sp³-hybridized carbons (Fsp3) is 0.182. The molecule has 1 aliphatic heterocycles. The van der Waals surface area contributed by atoms with Gasteiger partial charge in [-0.3, -0.25) is 19.5 Å². The van der Waals surface area contributed by atoms with Crippen LogP contribution < -0.4 is 10.6 Å². The van der Waals surface area contributed by atoms with Gasteiger partial charge in [0, 0.05) is 24.4 Å². The van der Waals surface area contributed by atoms with Crippen LogP contribution in [-0.4, -0.2) is 28.3 Å². The van der Waals surface area contributed by atoms with Gasteiger partial charge < -0.3 is 5.73 Å². The van der Waals surface area contributed by atoms with Crippen molar-refractivity contribution in [3.63, 3.8) is 0 Å². The molecule has 30 heavy (non-hydrogen) atoms. The number of hydrogen-bond acceptors (Lipinski definition) is 4. The summed E-state index contributed by atoms with van der Waals surface area (Å²) in [5.41, 5.74) is 9.52.